The molecule has 0 aliphatic rings. The van der Waals surface area contributed by atoms with Crippen LogP contribution in [0.3, 0.4) is 0 Å². The maximum Gasteiger partial charge on any atom is 0.414 e. The van der Waals surface area contributed by atoms with Gasteiger partial charge in [0.25, 0.3) is 0 Å². The molecule has 8 nitrogen and oxygen atoms in total. The van der Waals surface area contributed by atoms with Crippen molar-refractivity contribution >= 4 is 45.9 Å². The highest BCUT2D eigenvalue weighted by Crippen LogP contribution is 2.31. The van der Waals surface area contributed by atoms with Crippen LogP contribution in [0.1, 0.15) is 58.8 Å². The van der Waals surface area contributed by atoms with Gasteiger partial charge in [-0.05, 0) is 43.9 Å². The Morgan fingerprint density at radius 3 is 2.42 bits per heavy atom. The molecule has 3 aromatic rings. The van der Waals surface area contributed by atoms with E-state index in [0.717, 1.165) is 22.0 Å². The Balaban J connectivity index is 1.47. The van der Waals surface area contributed by atoms with E-state index in [2.05, 4.69) is 36.1 Å². The van der Waals surface area contributed by atoms with Gasteiger partial charge in [0.15, 0.2) is 5.13 Å². The first-order valence-electron chi connectivity index (χ1n) is 11.7. The van der Waals surface area contributed by atoms with Gasteiger partial charge in [0.2, 0.25) is 11.8 Å². The topological polar surface area (TPSA) is 97.6 Å². The van der Waals surface area contributed by atoms with Crippen LogP contribution in [-0.4, -0.2) is 34.6 Å². The Hall–Kier alpha value is -2.85. The summed E-state index contributed by atoms with van der Waals surface area (Å²) in [7, 11) is 1.65. The number of thiazole rings is 1. The van der Waals surface area contributed by atoms with Crippen molar-refractivity contribution in [1.29, 1.82) is 0 Å². The predicted molar refractivity (Wildman–Crippen MR) is 145 cm³/mol. The molecule has 0 unspecified atom stereocenters. The van der Waals surface area contributed by atoms with Crippen LogP contribution in [0.2, 0.25) is 0 Å². The largest absolute Gasteiger partial charge is 0.445 e. The van der Waals surface area contributed by atoms with Gasteiger partial charge in [0.05, 0.1) is 28.8 Å². The summed E-state index contributed by atoms with van der Waals surface area (Å²) in [5.41, 5.74) is 1.09. The highest BCUT2D eigenvalue weighted by atomic mass is 32.2. The lowest BCUT2D eigenvalue weighted by Gasteiger charge is -2.24. The summed E-state index contributed by atoms with van der Waals surface area (Å²) in [6.07, 6.45) is 4.14. The molecule has 10 heteroatoms. The van der Waals surface area contributed by atoms with E-state index in [4.69, 9.17) is 9.15 Å². The zero-order valence-electron chi connectivity index (χ0n) is 21.9. The van der Waals surface area contributed by atoms with E-state index in [1.54, 1.807) is 43.3 Å². The highest BCUT2D eigenvalue weighted by Gasteiger charge is 2.20. The van der Waals surface area contributed by atoms with Crippen molar-refractivity contribution in [3.63, 3.8) is 0 Å². The van der Waals surface area contributed by atoms with Crippen LogP contribution in [0.25, 0.3) is 0 Å². The van der Waals surface area contributed by atoms with Crippen LogP contribution in [-0.2, 0) is 28.1 Å². The number of benzene rings is 1. The molecule has 1 aromatic carbocycles. The van der Waals surface area contributed by atoms with Gasteiger partial charge < -0.3 is 14.5 Å². The molecule has 36 heavy (non-hydrogen) atoms. The summed E-state index contributed by atoms with van der Waals surface area (Å²) in [6, 6.07) is 7.23. The van der Waals surface area contributed by atoms with Crippen LogP contribution < -0.4 is 10.2 Å². The van der Waals surface area contributed by atoms with Gasteiger partial charge in [0.1, 0.15) is 11.4 Å². The third kappa shape index (κ3) is 8.98. The van der Waals surface area contributed by atoms with E-state index < -0.39 is 11.7 Å². The molecule has 0 radical (unpaired) electrons. The molecule has 0 bridgehead atoms. The number of hydrogen-bond donors (Lipinski definition) is 1. The first kappa shape index (κ1) is 27.7. The molecule has 2 amide bonds. The first-order valence-corrected chi connectivity index (χ1v) is 13.5. The summed E-state index contributed by atoms with van der Waals surface area (Å²) >= 11 is 2.99. The van der Waals surface area contributed by atoms with Gasteiger partial charge in [-0.2, -0.15) is 0 Å². The second-order valence-electron chi connectivity index (χ2n) is 10.7. The molecular formula is C26H34N4O4S2. The number of anilines is 2. The van der Waals surface area contributed by atoms with Crippen LogP contribution in [0.15, 0.2) is 45.3 Å². The van der Waals surface area contributed by atoms with Crippen molar-refractivity contribution in [3.8, 4) is 0 Å². The molecule has 0 saturated carbocycles. The van der Waals surface area contributed by atoms with E-state index in [-0.39, 0.29) is 17.7 Å². The molecule has 0 aliphatic heterocycles. The predicted octanol–water partition coefficient (Wildman–Crippen LogP) is 6.56. The minimum Gasteiger partial charge on any atom is -0.445 e. The summed E-state index contributed by atoms with van der Waals surface area (Å²) in [5.74, 6) is 2.01. The number of amides is 2. The fraction of sp³-hybridized carbons (Fsp3) is 0.462. The lowest BCUT2D eigenvalue weighted by Crippen LogP contribution is -2.34. The molecular weight excluding hydrogens is 496 g/mol. The van der Waals surface area contributed by atoms with E-state index >= 15 is 0 Å². The Morgan fingerprint density at radius 2 is 1.78 bits per heavy atom. The molecule has 0 aliphatic carbocycles. The fourth-order valence-corrected chi connectivity index (χ4v) is 4.90. The second-order valence-corrected chi connectivity index (χ2v) is 13.0. The van der Waals surface area contributed by atoms with E-state index in [1.807, 2.05) is 32.9 Å². The maximum absolute atomic E-state index is 12.5. The van der Waals surface area contributed by atoms with Crippen molar-refractivity contribution in [3.05, 3.63) is 53.9 Å². The number of aromatic nitrogens is 2. The number of thioether (sulfide) groups is 1. The number of hydrogen-bond acceptors (Lipinski definition) is 8. The quantitative estimate of drug-likeness (QED) is 0.329. The molecule has 1 N–H and O–H groups in total. The Labute approximate surface area is 220 Å². The van der Waals surface area contributed by atoms with Crippen LogP contribution >= 0.6 is 23.1 Å². The number of nitrogens with one attached hydrogen (secondary N) is 1. The molecule has 0 saturated heterocycles. The maximum atomic E-state index is 12.5. The van der Waals surface area contributed by atoms with Gasteiger partial charge in [-0.15, -0.1) is 11.8 Å². The number of rotatable bonds is 8. The normalized spacial score (nSPS) is 11.9. The van der Waals surface area contributed by atoms with Crippen molar-refractivity contribution in [2.24, 2.45) is 5.41 Å². The number of carbonyl (C=O) groups excluding carboxylic acids is 2. The lowest BCUT2D eigenvalue weighted by molar-refractivity contribution is -0.115. The Morgan fingerprint density at radius 1 is 1.08 bits per heavy atom. The van der Waals surface area contributed by atoms with Crippen molar-refractivity contribution in [1.82, 2.24) is 9.97 Å². The number of nitrogens with zero attached hydrogens (tertiary/aromatic N) is 3. The van der Waals surface area contributed by atoms with Gasteiger partial charge in [0, 0.05) is 19.2 Å². The molecule has 0 atom stereocenters. The lowest BCUT2D eigenvalue weighted by atomic mass is 9.91. The summed E-state index contributed by atoms with van der Waals surface area (Å²) in [4.78, 5) is 34.8. The standard InChI is InChI=1S/C26H34N4O4S2/c1-25(2,3)13-19-14-27-21(33-19)16-35-22-15-28-23(36-22)29-20(31)12-17-8-10-18(11-9-17)30(7)24(32)34-26(4,5)6/h8-11,14-15H,12-13,16H2,1-7H3,(H,28,29,31). The molecule has 2 aromatic heterocycles. The van der Waals surface area contributed by atoms with Crippen LogP contribution in [0, 0.1) is 5.41 Å². The minimum atomic E-state index is -0.567. The number of carbonyl (C=O) groups is 2. The Kier molecular flexibility index (Phi) is 8.84. The van der Waals surface area contributed by atoms with Crippen LogP contribution in [0.5, 0.6) is 0 Å². The first-order chi connectivity index (χ1) is 16.8. The third-order valence-corrected chi connectivity index (χ3v) is 6.82. The summed E-state index contributed by atoms with van der Waals surface area (Å²) < 4.78 is 12.2. The van der Waals surface area contributed by atoms with E-state index in [1.165, 1.54) is 16.2 Å². The monoisotopic (exact) mass is 530 g/mol. The molecule has 194 valence electrons. The second kappa shape index (κ2) is 11.5. The third-order valence-electron chi connectivity index (χ3n) is 4.73. The highest BCUT2D eigenvalue weighted by molar-refractivity contribution is 8.00. The van der Waals surface area contributed by atoms with E-state index in [0.29, 0.717) is 22.5 Å². The van der Waals surface area contributed by atoms with Gasteiger partial charge in [-0.1, -0.05) is 44.2 Å². The minimum absolute atomic E-state index is 0.146. The van der Waals surface area contributed by atoms with Gasteiger partial charge in [-0.25, -0.2) is 14.8 Å². The van der Waals surface area contributed by atoms with E-state index in [9.17, 15) is 9.59 Å². The number of oxazole rings is 1. The van der Waals surface area contributed by atoms with Crippen LogP contribution in [0.4, 0.5) is 15.6 Å². The Bertz CT molecular complexity index is 1170. The average Bonchev–Trinajstić information content (AvgIpc) is 3.38. The number of ether oxygens (including phenoxy) is 1. The van der Waals surface area contributed by atoms with Gasteiger partial charge >= 0.3 is 6.09 Å². The summed E-state index contributed by atoms with van der Waals surface area (Å²) in [5, 5.41) is 3.40. The zero-order valence-corrected chi connectivity index (χ0v) is 23.5. The molecule has 2 heterocycles. The van der Waals surface area contributed by atoms with Crippen molar-refractivity contribution in [2.45, 2.75) is 69.9 Å². The SMILES string of the molecule is CN(C(=O)OC(C)(C)C)c1ccc(CC(=O)Nc2ncc(SCc3ncc(CC(C)(C)C)o3)s2)cc1. The molecule has 0 fully saturated rings. The molecule has 3 rings (SSSR count). The fourth-order valence-electron chi connectivity index (χ4n) is 3.16. The molecule has 0 spiro atoms. The van der Waals surface area contributed by atoms with Gasteiger partial charge in [-0.3, -0.25) is 9.69 Å². The summed E-state index contributed by atoms with van der Waals surface area (Å²) in [6.45, 7) is 12.0. The van der Waals surface area contributed by atoms with Crippen molar-refractivity contribution in [2.75, 3.05) is 17.3 Å². The zero-order chi connectivity index (χ0) is 26.5. The smallest absolute Gasteiger partial charge is 0.414 e. The van der Waals surface area contributed by atoms with Crippen molar-refractivity contribution < 1.29 is 18.7 Å². The average molecular weight is 531 g/mol.